The molecule has 0 aromatic heterocycles. The number of benzene rings is 2. The molecule has 100 valence electrons. The zero-order valence-electron chi connectivity index (χ0n) is 10.5. The molecule has 0 saturated carbocycles. The topological polar surface area (TPSA) is 54.3 Å². The van der Waals surface area contributed by atoms with Crippen LogP contribution in [0, 0.1) is 11.3 Å². The SMILES string of the molecule is N#Cc1ccc(Nc2ccc3c(c2)OCCO3)c(Br)c1. The molecule has 0 amide bonds. The number of nitrogens with one attached hydrogen (secondary N) is 1. The number of rotatable bonds is 2. The summed E-state index contributed by atoms with van der Waals surface area (Å²) in [6, 6.07) is 13.2. The summed E-state index contributed by atoms with van der Waals surface area (Å²) in [5, 5.41) is 12.1. The van der Waals surface area contributed by atoms with E-state index in [4.69, 9.17) is 14.7 Å². The van der Waals surface area contributed by atoms with Crippen molar-refractivity contribution < 1.29 is 9.47 Å². The first kappa shape index (κ1) is 12.8. The van der Waals surface area contributed by atoms with Crippen LogP contribution >= 0.6 is 15.9 Å². The normalized spacial score (nSPS) is 12.6. The highest BCUT2D eigenvalue weighted by atomic mass is 79.9. The fraction of sp³-hybridized carbons (Fsp3) is 0.133. The van der Waals surface area contributed by atoms with Crippen LogP contribution in [0.4, 0.5) is 11.4 Å². The van der Waals surface area contributed by atoms with Crippen LogP contribution in [0.5, 0.6) is 11.5 Å². The van der Waals surface area contributed by atoms with Crippen LogP contribution in [0.3, 0.4) is 0 Å². The maximum Gasteiger partial charge on any atom is 0.163 e. The summed E-state index contributed by atoms with van der Waals surface area (Å²) in [6.45, 7) is 1.15. The minimum atomic E-state index is 0.566. The fourth-order valence-electron chi connectivity index (χ4n) is 1.96. The lowest BCUT2D eigenvalue weighted by atomic mass is 10.2. The Morgan fingerprint density at radius 2 is 1.85 bits per heavy atom. The molecule has 1 aliphatic heterocycles. The van der Waals surface area contributed by atoms with Gasteiger partial charge in [-0.2, -0.15) is 5.26 Å². The first-order chi connectivity index (χ1) is 9.76. The van der Waals surface area contributed by atoms with Gasteiger partial charge in [0.15, 0.2) is 11.5 Å². The number of hydrogen-bond donors (Lipinski definition) is 1. The maximum atomic E-state index is 8.85. The predicted octanol–water partition coefficient (Wildman–Crippen LogP) is 3.84. The van der Waals surface area contributed by atoms with E-state index < -0.39 is 0 Å². The molecule has 5 heteroatoms. The van der Waals surface area contributed by atoms with E-state index in [2.05, 4.69) is 27.3 Å². The van der Waals surface area contributed by atoms with Gasteiger partial charge in [0.05, 0.1) is 17.3 Å². The molecule has 0 radical (unpaired) electrons. The van der Waals surface area contributed by atoms with Gasteiger partial charge in [-0.3, -0.25) is 0 Å². The smallest absolute Gasteiger partial charge is 0.163 e. The summed E-state index contributed by atoms with van der Waals surface area (Å²) in [4.78, 5) is 0. The molecule has 2 aromatic carbocycles. The summed E-state index contributed by atoms with van der Waals surface area (Å²) >= 11 is 3.45. The number of ether oxygens (including phenoxy) is 2. The van der Waals surface area contributed by atoms with Crippen molar-refractivity contribution in [3.05, 3.63) is 46.4 Å². The molecule has 0 saturated heterocycles. The summed E-state index contributed by atoms with van der Waals surface area (Å²) in [6.07, 6.45) is 0. The lowest BCUT2D eigenvalue weighted by Crippen LogP contribution is -2.15. The van der Waals surface area contributed by atoms with Crippen molar-refractivity contribution in [3.63, 3.8) is 0 Å². The quantitative estimate of drug-likeness (QED) is 0.909. The third kappa shape index (κ3) is 2.56. The Morgan fingerprint density at radius 3 is 2.60 bits per heavy atom. The van der Waals surface area contributed by atoms with Gasteiger partial charge in [-0.1, -0.05) is 0 Å². The van der Waals surface area contributed by atoms with Crippen LogP contribution in [-0.2, 0) is 0 Å². The largest absolute Gasteiger partial charge is 0.486 e. The highest BCUT2D eigenvalue weighted by Gasteiger charge is 2.12. The monoisotopic (exact) mass is 330 g/mol. The second kappa shape index (κ2) is 5.43. The van der Waals surface area contributed by atoms with E-state index in [1.54, 1.807) is 12.1 Å². The molecular weight excluding hydrogens is 320 g/mol. The standard InChI is InChI=1S/C15H11BrN2O2/c16-12-7-10(9-17)1-3-13(12)18-11-2-4-14-15(8-11)20-6-5-19-14/h1-4,7-8,18H,5-6H2. The van der Waals surface area contributed by atoms with E-state index in [0.717, 1.165) is 27.3 Å². The Morgan fingerprint density at radius 1 is 1.05 bits per heavy atom. The van der Waals surface area contributed by atoms with Gasteiger partial charge in [0, 0.05) is 16.2 Å². The molecule has 0 aliphatic carbocycles. The number of anilines is 2. The van der Waals surface area contributed by atoms with Crippen LogP contribution < -0.4 is 14.8 Å². The van der Waals surface area contributed by atoms with E-state index in [9.17, 15) is 0 Å². The summed E-state index contributed by atoms with van der Waals surface area (Å²) in [7, 11) is 0. The minimum absolute atomic E-state index is 0.566. The molecule has 20 heavy (non-hydrogen) atoms. The van der Waals surface area contributed by atoms with Crippen molar-refractivity contribution in [3.8, 4) is 17.6 Å². The lowest BCUT2D eigenvalue weighted by Gasteiger charge is -2.19. The number of fused-ring (bicyclic) bond motifs is 1. The molecular formula is C15H11BrN2O2. The molecule has 0 unspecified atom stereocenters. The number of nitriles is 1. The van der Waals surface area contributed by atoms with Crippen LogP contribution in [0.25, 0.3) is 0 Å². The highest BCUT2D eigenvalue weighted by Crippen LogP contribution is 2.34. The van der Waals surface area contributed by atoms with Crippen LogP contribution in [0.15, 0.2) is 40.9 Å². The zero-order chi connectivity index (χ0) is 13.9. The Labute approximate surface area is 125 Å². The molecule has 0 bridgehead atoms. The van der Waals surface area contributed by atoms with Gasteiger partial charge in [-0.15, -0.1) is 0 Å². The molecule has 0 fully saturated rings. The van der Waals surface area contributed by atoms with Gasteiger partial charge >= 0.3 is 0 Å². The van der Waals surface area contributed by atoms with E-state index in [0.29, 0.717) is 18.8 Å². The van der Waals surface area contributed by atoms with Gasteiger partial charge in [-0.25, -0.2) is 0 Å². The third-order valence-electron chi connectivity index (χ3n) is 2.92. The van der Waals surface area contributed by atoms with Crippen molar-refractivity contribution in [2.24, 2.45) is 0 Å². The Bertz CT molecular complexity index is 695. The van der Waals surface area contributed by atoms with Crippen molar-refractivity contribution in [1.82, 2.24) is 0 Å². The lowest BCUT2D eigenvalue weighted by molar-refractivity contribution is 0.171. The first-order valence-corrected chi connectivity index (χ1v) is 6.92. The first-order valence-electron chi connectivity index (χ1n) is 6.12. The predicted molar refractivity (Wildman–Crippen MR) is 79.6 cm³/mol. The Balaban J connectivity index is 1.86. The molecule has 0 atom stereocenters. The van der Waals surface area contributed by atoms with Gasteiger partial charge in [0.2, 0.25) is 0 Å². The second-order valence-electron chi connectivity index (χ2n) is 4.29. The van der Waals surface area contributed by atoms with Crippen LogP contribution in [0.1, 0.15) is 5.56 Å². The second-order valence-corrected chi connectivity index (χ2v) is 5.14. The number of hydrogen-bond acceptors (Lipinski definition) is 4. The van der Waals surface area contributed by atoms with E-state index >= 15 is 0 Å². The highest BCUT2D eigenvalue weighted by molar-refractivity contribution is 9.10. The van der Waals surface area contributed by atoms with Crippen LogP contribution in [0.2, 0.25) is 0 Å². The molecule has 1 N–H and O–H groups in total. The molecule has 4 nitrogen and oxygen atoms in total. The Kier molecular flexibility index (Phi) is 3.48. The molecule has 3 rings (SSSR count). The van der Waals surface area contributed by atoms with E-state index in [1.165, 1.54) is 0 Å². The Hall–Kier alpha value is -2.19. The third-order valence-corrected chi connectivity index (χ3v) is 3.58. The molecule has 1 heterocycles. The van der Waals surface area contributed by atoms with Gasteiger partial charge in [0.25, 0.3) is 0 Å². The molecule has 1 aliphatic rings. The zero-order valence-corrected chi connectivity index (χ0v) is 12.1. The van der Waals surface area contributed by atoms with Crippen molar-refractivity contribution in [1.29, 1.82) is 5.26 Å². The van der Waals surface area contributed by atoms with Crippen LogP contribution in [-0.4, -0.2) is 13.2 Å². The van der Waals surface area contributed by atoms with Gasteiger partial charge < -0.3 is 14.8 Å². The van der Waals surface area contributed by atoms with Crippen molar-refractivity contribution >= 4 is 27.3 Å². The van der Waals surface area contributed by atoms with Gasteiger partial charge in [0.1, 0.15) is 13.2 Å². The summed E-state index contributed by atoms with van der Waals surface area (Å²) in [5.41, 5.74) is 2.41. The number of nitrogens with zero attached hydrogens (tertiary/aromatic N) is 1. The fourth-order valence-corrected chi connectivity index (χ4v) is 2.44. The van der Waals surface area contributed by atoms with E-state index in [1.807, 2.05) is 24.3 Å². The summed E-state index contributed by atoms with van der Waals surface area (Å²) < 4.78 is 11.9. The molecule has 0 spiro atoms. The van der Waals surface area contributed by atoms with E-state index in [-0.39, 0.29) is 0 Å². The average molecular weight is 331 g/mol. The molecule has 2 aromatic rings. The van der Waals surface area contributed by atoms with Crippen molar-refractivity contribution in [2.45, 2.75) is 0 Å². The summed E-state index contributed by atoms with van der Waals surface area (Å²) in [5.74, 6) is 1.51. The average Bonchev–Trinajstić information content (AvgIpc) is 2.49. The minimum Gasteiger partial charge on any atom is -0.486 e. The maximum absolute atomic E-state index is 8.85. The van der Waals surface area contributed by atoms with Gasteiger partial charge in [-0.05, 0) is 46.3 Å². The number of halogens is 1. The van der Waals surface area contributed by atoms with Crippen molar-refractivity contribution in [2.75, 3.05) is 18.5 Å².